The molecule has 0 radical (unpaired) electrons. The molecule has 0 atom stereocenters. The lowest BCUT2D eigenvalue weighted by Crippen LogP contribution is -2.44. The Balaban J connectivity index is 1.54. The van der Waals surface area contributed by atoms with Crippen LogP contribution in [0.2, 0.25) is 0 Å². The number of hydrogen-bond acceptors (Lipinski definition) is 2. The molecule has 0 aromatic heterocycles. The Bertz CT molecular complexity index is 657. The van der Waals surface area contributed by atoms with Crippen molar-refractivity contribution >= 4 is 5.91 Å². The predicted octanol–water partition coefficient (Wildman–Crippen LogP) is 2.01. The number of carbonyl (C=O) groups excluding carboxylic acids is 1. The molecule has 22 heavy (non-hydrogen) atoms. The Morgan fingerprint density at radius 1 is 1.09 bits per heavy atom. The molecule has 2 aromatic carbocycles. The molecule has 1 amide bonds. The van der Waals surface area contributed by atoms with Crippen molar-refractivity contribution in [1.82, 2.24) is 5.32 Å². The number of fused-ring (bicyclic) bond motifs is 1. The summed E-state index contributed by atoms with van der Waals surface area (Å²) in [5.74, 6) is -0.488. The maximum Gasteiger partial charge on any atom is 0.224 e. The molecule has 0 saturated heterocycles. The highest BCUT2D eigenvalue weighted by molar-refractivity contribution is 5.78. The number of rotatable bonds is 4. The van der Waals surface area contributed by atoms with Gasteiger partial charge in [0.1, 0.15) is 5.82 Å². The average Bonchev–Trinajstić information content (AvgIpc) is 2.84. The van der Waals surface area contributed by atoms with Crippen molar-refractivity contribution in [1.29, 1.82) is 0 Å². The van der Waals surface area contributed by atoms with Gasteiger partial charge in [-0.05, 0) is 28.8 Å². The van der Waals surface area contributed by atoms with Crippen LogP contribution in [0.4, 0.5) is 4.39 Å². The Hall–Kier alpha value is -2.20. The molecular weight excluding hydrogens is 281 g/mol. The monoisotopic (exact) mass is 299 g/mol. The van der Waals surface area contributed by atoms with E-state index < -0.39 is 5.60 Å². The zero-order chi connectivity index (χ0) is 15.6. The van der Waals surface area contributed by atoms with Crippen LogP contribution in [0, 0.1) is 5.82 Å². The maximum atomic E-state index is 12.8. The lowest BCUT2D eigenvalue weighted by Gasteiger charge is -2.22. The minimum absolute atomic E-state index is 0.170. The van der Waals surface area contributed by atoms with Gasteiger partial charge in [-0.2, -0.15) is 0 Å². The first-order valence-corrected chi connectivity index (χ1v) is 7.34. The summed E-state index contributed by atoms with van der Waals surface area (Å²) in [7, 11) is 0. The highest BCUT2D eigenvalue weighted by Gasteiger charge is 2.35. The average molecular weight is 299 g/mol. The van der Waals surface area contributed by atoms with Crippen LogP contribution in [-0.2, 0) is 24.1 Å². The van der Waals surface area contributed by atoms with E-state index in [1.165, 1.54) is 12.1 Å². The van der Waals surface area contributed by atoms with Gasteiger partial charge in [0, 0.05) is 19.4 Å². The summed E-state index contributed by atoms with van der Waals surface area (Å²) in [5.41, 5.74) is 2.11. The van der Waals surface area contributed by atoms with Gasteiger partial charge in [0.25, 0.3) is 0 Å². The summed E-state index contributed by atoms with van der Waals surface area (Å²) in [4.78, 5) is 12.0. The standard InChI is InChI=1S/C18H18FNO2/c19-16-7-5-13(6-8-16)9-17(21)20-12-18(22)10-14-3-1-2-4-15(14)11-18/h1-8,22H,9-12H2,(H,20,21). The van der Waals surface area contributed by atoms with Gasteiger partial charge < -0.3 is 10.4 Å². The van der Waals surface area contributed by atoms with E-state index in [1.54, 1.807) is 12.1 Å². The summed E-state index contributed by atoms with van der Waals surface area (Å²) in [6, 6.07) is 13.8. The van der Waals surface area contributed by atoms with Gasteiger partial charge in [0.05, 0.1) is 12.0 Å². The number of halogens is 1. The number of aliphatic hydroxyl groups is 1. The predicted molar refractivity (Wildman–Crippen MR) is 81.9 cm³/mol. The Labute approximate surface area is 128 Å². The quantitative estimate of drug-likeness (QED) is 0.907. The van der Waals surface area contributed by atoms with Gasteiger partial charge in [0.15, 0.2) is 0 Å². The molecule has 1 aliphatic carbocycles. The van der Waals surface area contributed by atoms with Crippen LogP contribution < -0.4 is 5.32 Å². The van der Waals surface area contributed by atoms with Gasteiger partial charge in [-0.3, -0.25) is 4.79 Å². The third-order valence-electron chi connectivity index (χ3n) is 4.05. The minimum atomic E-state index is -0.915. The molecule has 0 saturated carbocycles. The van der Waals surface area contributed by atoms with Crippen molar-refractivity contribution in [3.05, 3.63) is 71.0 Å². The molecule has 0 fully saturated rings. The molecule has 0 spiro atoms. The first kappa shape index (κ1) is 14.7. The fourth-order valence-corrected chi connectivity index (χ4v) is 2.91. The molecule has 0 bridgehead atoms. The second-order valence-corrected chi connectivity index (χ2v) is 5.93. The van der Waals surface area contributed by atoms with Crippen LogP contribution in [0.5, 0.6) is 0 Å². The van der Waals surface area contributed by atoms with Crippen molar-refractivity contribution in [3.8, 4) is 0 Å². The lowest BCUT2D eigenvalue weighted by molar-refractivity contribution is -0.121. The Kier molecular flexibility index (Phi) is 3.94. The summed E-state index contributed by atoms with van der Waals surface area (Å²) in [5, 5.41) is 13.4. The van der Waals surface area contributed by atoms with Crippen LogP contribution in [0.15, 0.2) is 48.5 Å². The van der Waals surface area contributed by atoms with E-state index in [9.17, 15) is 14.3 Å². The van der Waals surface area contributed by atoms with Crippen LogP contribution >= 0.6 is 0 Å². The fraction of sp³-hybridized carbons (Fsp3) is 0.278. The highest BCUT2D eigenvalue weighted by atomic mass is 19.1. The molecule has 0 aliphatic heterocycles. The molecule has 2 aromatic rings. The minimum Gasteiger partial charge on any atom is -0.387 e. The molecule has 2 N–H and O–H groups in total. The van der Waals surface area contributed by atoms with Crippen LogP contribution in [0.1, 0.15) is 16.7 Å². The number of nitrogens with one attached hydrogen (secondary N) is 1. The Morgan fingerprint density at radius 2 is 1.68 bits per heavy atom. The smallest absolute Gasteiger partial charge is 0.224 e. The first-order valence-electron chi connectivity index (χ1n) is 7.34. The number of benzene rings is 2. The molecule has 0 heterocycles. The third kappa shape index (κ3) is 3.34. The van der Waals surface area contributed by atoms with E-state index >= 15 is 0 Å². The highest BCUT2D eigenvalue weighted by Crippen LogP contribution is 2.29. The molecule has 0 unspecified atom stereocenters. The summed E-state index contributed by atoms with van der Waals surface area (Å²) in [6.45, 7) is 0.224. The summed E-state index contributed by atoms with van der Waals surface area (Å²) >= 11 is 0. The topological polar surface area (TPSA) is 49.3 Å². The van der Waals surface area contributed by atoms with Crippen molar-refractivity contribution < 1.29 is 14.3 Å². The molecule has 4 heteroatoms. The zero-order valence-electron chi connectivity index (χ0n) is 12.2. The van der Waals surface area contributed by atoms with E-state index in [4.69, 9.17) is 0 Å². The van der Waals surface area contributed by atoms with Crippen LogP contribution in [-0.4, -0.2) is 23.2 Å². The second-order valence-electron chi connectivity index (χ2n) is 5.93. The third-order valence-corrected chi connectivity index (χ3v) is 4.05. The first-order chi connectivity index (χ1) is 10.5. The van der Waals surface area contributed by atoms with Gasteiger partial charge in [-0.1, -0.05) is 36.4 Å². The molecule has 3 rings (SSSR count). The van der Waals surface area contributed by atoms with Gasteiger partial charge >= 0.3 is 0 Å². The summed E-state index contributed by atoms with van der Waals surface area (Å²) in [6.07, 6.45) is 1.29. The van der Waals surface area contributed by atoms with E-state index in [-0.39, 0.29) is 24.7 Å². The van der Waals surface area contributed by atoms with Crippen LogP contribution in [0.3, 0.4) is 0 Å². The van der Waals surface area contributed by atoms with Gasteiger partial charge in [-0.25, -0.2) is 4.39 Å². The van der Waals surface area contributed by atoms with Crippen LogP contribution in [0.25, 0.3) is 0 Å². The largest absolute Gasteiger partial charge is 0.387 e. The maximum absolute atomic E-state index is 12.8. The molecule has 3 nitrogen and oxygen atoms in total. The van der Waals surface area contributed by atoms with E-state index in [1.807, 2.05) is 24.3 Å². The normalized spacial score (nSPS) is 15.4. The number of amides is 1. The fourth-order valence-electron chi connectivity index (χ4n) is 2.91. The second kappa shape index (κ2) is 5.89. The number of hydrogen-bond donors (Lipinski definition) is 2. The van der Waals surface area contributed by atoms with E-state index in [0.717, 1.165) is 16.7 Å². The van der Waals surface area contributed by atoms with E-state index in [2.05, 4.69) is 5.32 Å². The van der Waals surface area contributed by atoms with E-state index in [0.29, 0.717) is 12.8 Å². The Morgan fingerprint density at radius 3 is 2.27 bits per heavy atom. The molecular formula is C18H18FNO2. The van der Waals surface area contributed by atoms with Gasteiger partial charge in [0.2, 0.25) is 5.91 Å². The van der Waals surface area contributed by atoms with Crippen molar-refractivity contribution in [3.63, 3.8) is 0 Å². The lowest BCUT2D eigenvalue weighted by atomic mass is 10.0. The van der Waals surface area contributed by atoms with Crippen molar-refractivity contribution in [2.24, 2.45) is 0 Å². The molecule has 114 valence electrons. The summed E-state index contributed by atoms with van der Waals surface area (Å²) < 4.78 is 12.8. The zero-order valence-corrected chi connectivity index (χ0v) is 12.2. The van der Waals surface area contributed by atoms with Crippen molar-refractivity contribution in [2.45, 2.75) is 24.9 Å². The SMILES string of the molecule is O=C(Cc1ccc(F)cc1)NCC1(O)Cc2ccccc2C1. The van der Waals surface area contributed by atoms with Crippen molar-refractivity contribution in [2.75, 3.05) is 6.54 Å². The molecule has 1 aliphatic rings. The number of carbonyl (C=O) groups is 1. The van der Waals surface area contributed by atoms with Gasteiger partial charge in [-0.15, -0.1) is 0 Å².